The Balaban J connectivity index is 2.06. The summed E-state index contributed by atoms with van der Waals surface area (Å²) in [5, 5.41) is 0. The molecule has 0 radical (unpaired) electrons. The first-order valence-corrected chi connectivity index (χ1v) is 6.76. The van der Waals surface area contributed by atoms with Gasteiger partial charge in [-0.3, -0.25) is 4.90 Å². The van der Waals surface area contributed by atoms with Crippen LogP contribution in [0.4, 0.5) is 0 Å². The summed E-state index contributed by atoms with van der Waals surface area (Å²) in [6.07, 6.45) is 4.23. The highest BCUT2D eigenvalue weighted by Gasteiger charge is 2.41. The second-order valence-corrected chi connectivity index (χ2v) is 5.28. The molecule has 0 aliphatic heterocycles. The predicted octanol–water partition coefficient (Wildman–Crippen LogP) is 2.00. The molecule has 18 heavy (non-hydrogen) atoms. The van der Waals surface area contributed by atoms with E-state index in [9.17, 15) is 0 Å². The third-order valence-corrected chi connectivity index (χ3v) is 3.64. The van der Waals surface area contributed by atoms with E-state index < -0.39 is 0 Å². The van der Waals surface area contributed by atoms with Gasteiger partial charge in [0.05, 0.1) is 25.0 Å². The zero-order valence-electron chi connectivity index (χ0n) is 11.4. The molecule has 2 rings (SSSR count). The second-order valence-electron chi connectivity index (χ2n) is 5.28. The van der Waals surface area contributed by atoms with Crippen LogP contribution in [0.25, 0.3) is 0 Å². The van der Waals surface area contributed by atoms with E-state index in [-0.39, 0.29) is 5.54 Å². The molecule has 2 N–H and O–H groups in total. The maximum atomic E-state index is 5.99. The highest BCUT2D eigenvalue weighted by molar-refractivity contribution is 5.04. The largest absolute Gasteiger partial charge is 0.468 e. The summed E-state index contributed by atoms with van der Waals surface area (Å²) in [5.74, 6) is 0.998. The van der Waals surface area contributed by atoms with E-state index in [4.69, 9.17) is 14.9 Å². The van der Waals surface area contributed by atoms with Crippen LogP contribution >= 0.6 is 0 Å². The standard InChI is InChI=1S/C14H24N2O2/c1-3-17-11-14(2,10-15)16(12-6-7-12)9-13-5-4-8-18-13/h4-5,8,12H,3,6-7,9-11,15H2,1-2H3. The van der Waals surface area contributed by atoms with Gasteiger partial charge in [-0.1, -0.05) is 0 Å². The summed E-state index contributed by atoms with van der Waals surface area (Å²) in [5.41, 5.74) is 5.88. The van der Waals surface area contributed by atoms with E-state index in [0.29, 0.717) is 19.2 Å². The molecule has 0 amide bonds. The van der Waals surface area contributed by atoms with Crippen molar-refractivity contribution in [2.45, 2.75) is 44.8 Å². The summed E-state index contributed by atoms with van der Waals surface area (Å²) in [6.45, 7) is 7.03. The molecule has 1 aromatic heterocycles. The van der Waals surface area contributed by atoms with Crippen LogP contribution in [-0.4, -0.2) is 36.2 Å². The fourth-order valence-corrected chi connectivity index (χ4v) is 2.30. The fourth-order valence-electron chi connectivity index (χ4n) is 2.30. The Bertz CT molecular complexity index is 349. The third kappa shape index (κ3) is 3.13. The van der Waals surface area contributed by atoms with Crippen molar-refractivity contribution in [1.82, 2.24) is 4.90 Å². The topological polar surface area (TPSA) is 51.6 Å². The van der Waals surface area contributed by atoms with Crippen molar-refractivity contribution in [1.29, 1.82) is 0 Å². The molecule has 1 unspecified atom stereocenters. The van der Waals surface area contributed by atoms with Crippen LogP contribution in [0.3, 0.4) is 0 Å². The maximum absolute atomic E-state index is 5.99. The smallest absolute Gasteiger partial charge is 0.117 e. The molecular weight excluding hydrogens is 228 g/mol. The van der Waals surface area contributed by atoms with Gasteiger partial charge in [0, 0.05) is 19.2 Å². The average Bonchev–Trinajstić information content (AvgIpc) is 3.10. The quantitative estimate of drug-likeness (QED) is 0.769. The van der Waals surface area contributed by atoms with Crippen LogP contribution in [-0.2, 0) is 11.3 Å². The lowest BCUT2D eigenvalue weighted by Gasteiger charge is -2.40. The van der Waals surface area contributed by atoms with Gasteiger partial charge in [-0.2, -0.15) is 0 Å². The first-order chi connectivity index (χ1) is 8.69. The van der Waals surface area contributed by atoms with Crippen molar-refractivity contribution in [3.8, 4) is 0 Å². The van der Waals surface area contributed by atoms with Gasteiger partial charge in [-0.05, 0) is 38.8 Å². The normalized spacial score (nSPS) is 19.1. The van der Waals surface area contributed by atoms with E-state index in [2.05, 4.69) is 11.8 Å². The van der Waals surface area contributed by atoms with E-state index >= 15 is 0 Å². The monoisotopic (exact) mass is 252 g/mol. The summed E-state index contributed by atoms with van der Waals surface area (Å²) in [7, 11) is 0. The SMILES string of the molecule is CCOCC(C)(CN)N(Cc1ccco1)C1CC1. The second kappa shape index (κ2) is 5.87. The molecular formula is C14H24N2O2. The average molecular weight is 252 g/mol. The van der Waals surface area contributed by atoms with Crippen molar-refractivity contribution in [3.63, 3.8) is 0 Å². The molecule has 1 aliphatic carbocycles. The molecule has 0 saturated heterocycles. The minimum absolute atomic E-state index is 0.107. The van der Waals surface area contributed by atoms with Crippen LogP contribution in [0.5, 0.6) is 0 Å². The first kappa shape index (κ1) is 13.6. The Morgan fingerprint density at radius 3 is 2.83 bits per heavy atom. The number of nitrogens with zero attached hydrogens (tertiary/aromatic N) is 1. The highest BCUT2D eigenvalue weighted by Crippen LogP contribution is 2.34. The predicted molar refractivity (Wildman–Crippen MR) is 71.2 cm³/mol. The van der Waals surface area contributed by atoms with Crippen molar-refractivity contribution in [2.24, 2.45) is 5.73 Å². The summed E-state index contributed by atoms with van der Waals surface area (Å²) >= 11 is 0. The summed E-state index contributed by atoms with van der Waals surface area (Å²) in [4.78, 5) is 2.45. The van der Waals surface area contributed by atoms with Gasteiger partial charge in [0.25, 0.3) is 0 Å². The number of hydrogen-bond donors (Lipinski definition) is 1. The van der Waals surface area contributed by atoms with Crippen LogP contribution in [0, 0.1) is 0 Å². The molecule has 4 nitrogen and oxygen atoms in total. The van der Waals surface area contributed by atoms with Gasteiger partial charge in [-0.15, -0.1) is 0 Å². The van der Waals surface area contributed by atoms with Crippen molar-refractivity contribution in [2.75, 3.05) is 19.8 Å². The van der Waals surface area contributed by atoms with Crippen LogP contribution < -0.4 is 5.73 Å². The Hall–Kier alpha value is -0.840. The van der Waals surface area contributed by atoms with E-state index in [1.54, 1.807) is 6.26 Å². The molecule has 0 spiro atoms. The van der Waals surface area contributed by atoms with Gasteiger partial charge in [0.2, 0.25) is 0 Å². The third-order valence-electron chi connectivity index (χ3n) is 3.64. The lowest BCUT2D eigenvalue weighted by Crippen LogP contribution is -2.55. The van der Waals surface area contributed by atoms with Gasteiger partial charge in [0.1, 0.15) is 5.76 Å². The van der Waals surface area contributed by atoms with E-state index in [1.807, 2.05) is 19.1 Å². The number of nitrogens with two attached hydrogens (primary N) is 1. The molecule has 1 aromatic rings. The summed E-state index contributed by atoms with van der Waals surface area (Å²) in [6, 6.07) is 4.58. The highest BCUT2D eigenvalue weighted by atomic mass is 16.5. The minimum atomic E-state index is -0.107. The number of ether oxygens (including phenoxy) is 1. The Kier molecular flexibility index (Phi) is 4.43. The number of furan rings is 1. The van der Waals surface area contributed by atoms with Crippen LogP contribution in [0.2, 0.25) is 0 Å². The van der Waals surface area contributed by atoms with Crippen molar-refractivity contribution >= 4 is 0 Å². The van der Waals surface area contributed by atoms with Crippen LogP contribution in [0.1, 0.15) is 32.4 Å². The molecule has 0 bridgehead atoms. The van der Waals surface area contributed by atoms with Crippen LogP contribution in [0.15, 0.2) is 22.8 Å². The zero-order valence-corrected chi connectivity index (χ0v) is 11.4. The fraction of sp³-hybridized carbons (Fsp3) is 0.714. The van der Waals surface area contributed by atoms with E-state index in [0.717, 1.165) is 18.9 Å². The van der Waals surface area contributed by atoms with Gasteiger partial charge < -0.3 is 14.9 Å². The Morgan fingerprint density at radius 1 is 1.56 bits per heavy atom. The zero-order chi connectivity index (χ0) is 13.0. The van der Waals surface area contributed by atoms with Gasteiger partial charge in [-0.25, -0.2) is 0 Å². The Morgan fingerprint density at radius 2 is 2.33 bits per heavy atom. The first-order valence-electron chi connectivity index (χ1n) is 6.76. The Labute approximate surface area is 109 Å². The summed E-state index contributed by atoms with van der Waals surface area (Å²) < 4.78 is 11.1. The molecule has 102 valence electrons. The molecule has 0 aromatic carbocycles. The maximum Gasteiger partial charge on any atom is 0.117 e. The molecule has 4 heteroatoms. The van der Waals surface area contributed by atoms with E-state index in [1.165, 1.54) is 12.8 Å². The minimum Gasteiger partial charge on any atom is -0.468 e. The lowest BCUT2D eigenvalue weighted by atomic mass is 10.0. The molecule has 1 heterocycles. The van der Waals surface area contributed by atoms with Crippen molar-refractivity contribution < 1.29 is 9.15 Å². The number of rotatable bonds is 8. The lowest BCUT2D eigenvalue weighted by molar-refractivity contribution is -0.00263. The molecule has 1 fully saturated rings. The molecule has 1 atom stereocenters. The molecule has 1 aliphatic rings. The molecule has 1 saturated carbocycles. The van der Waals surface area contributed by atoms with Gasteiger partial charge >= 0.3 is 0 Å². The van der Waals surface area contributed by atoms with Gasteiger partial charge in [0.15, 0.2) is 0 Å². The number of hydrogen-bond acceptors (Lipinski definition) is 4. The van der Waals surface area contributed by atoms with Crippen molar-refractivity contribution in [3.05, 3.63) is 24.2 Å².